The van der Waals surface area contributed by atoms with Crippen molar-refractivity contribution in [3.05, 3.63) is 94.0 Å². The Hall–Kier alpha value is -3.34. The van der Waals surface area contributed by atoms with Crippen molar-refractivity contribution in [2.45, 2.75) is 83.2 Å². The molecular formula is C39H43NO4. The number of nitrogens with zero attached hydrogens (tertiary/aromatic N) is 1. The van der Waals surface area contributed by atoms with E-state index in [1.54, 1.807) is 12.1 Å². The molecule has 0 heterocycles. The highest BCUT2D eigenvalue weighted by Crippen LogP contribution is 2.78. The van der Waals surface area contributed by atoms with Crippen molar-refractivity contribution >= 4 is 5.69 Å². The Kier molecular flexibility index (Phi) is 6.19. The summed E-state index contributed by atoms with van der Waals surface area (Å²) in [5.41, 5.74) is 3.50. The molecule has 0 aliphatic heterocycles. The molecule has 3 unspecified atom stereocenters. The number of nitro benzene ring substituents is 1. The first-order valence-electron chi connectivity index (χ1n) is 17.2. The summed E-state index contributed by atoms with van der Waals surface area (Å²) >= 11 is 0. The number of ether oxygens (including phenoxy) is 2. The van der Waals surface area contributed by atoms with E-state index in [2.05, 4.69) is 24.3 Å². The van der Waals surface area contributed by atoms with Crippen LogP contribution in [0.25, 0.3) is 0 Å². The first-order chi connectivity index (χ1) is 21.5. The fourth-order valence-corrected chi connectivity index (χ4v) is 12.6. The fraction of sp³-hybridized carbons (Fsp3) is 0.538. The molecule has 11 rings (SSSR count). The van der Waals surface area contributed by atoms with Gasteiger partial charge in [0.1, 0.15) is 18.1 Å². The van der Waals surface area contributed by atoms with Gasteiger partial charge in [-0.05, 0) is 152 Å². The van der Waals surface area contributed by atoms with Gasteiger partial charge in [0, 0.05) is 12.1 Å². The highest BCUT2D eigenvalue weighted by molar-refractivity contribution is 5.51. The molecule has 228 valence electrons. The molecule has 3 aromatic carbocycles. The smallest absolute Gasteiger partial charge is 0.311 e. The van der Waals surface area contributed by atoms with Crippen LogP contribution in [0.3, 0.4) is 0 Å². The lowest BCUT2D eigenvalue weighted by atomic mass is 9.32. The molecule has 5 heteroatoms. The van der Waals surface area contributed by atoms with Gasteiger partial charge in [-0.25, -0.2) is 0 Å². The standard InChI is InChI=1S/C39H43NO4/c41-40(42)35-11-10-34(18-36(35)43-24-25-4-2-1-3-5-25)44-33-8-6-31(7-9-33)37-32-16-29-15-30(17-32)23-39(37,22-29)38-19-26-12-27(20-38)14-28(13-26)21-38/h1-11,18,26-30,32,37H,12-17,19-24H2. The SMILES string of the molecule is O=[N+]([O-])c1ccc(Oc2ccc(C3C4CC5CC(C4)CC3(C34CC6CC(CC(C6)C3)C4)C5)cc2)cc1OCc1ccccc1. The molecule has 8 aliphatic rings. The second kappa shape index (κ2) is 10.1. The zero-order valence-electron chi connectivity index (χ0n) is 25.5. The van der Waals surface area contributed by atoms with Crippen molar-refractivity contribution in [1.29, 1.82) is 0 Å². The van der Waals surface area contributed by atoms with E-state index in [-0.39, 0.29) is 18.0 Å². The number of hydrogen-bond donors (Lipinski definition) is 0. The Labute approximate surface area is 260 Å². The van der Waals surface area contributed by atoms with Crippen molar-refractivity contribution < 1.29 is 14.4 Å². The lowest BCUT2D eigenvalue weighted by molar-refractivity contribution is -0.386. The van der Waals surface area contributed by atoms with Crippen molar-refractivity contribution in [3.8, 4) is 17.2 Å². The van der Waals surface area contributed by atoms with Gasteiger partial charge in [0.25, 0.3) is 0 Å². The van der Waals surface area contributed by atoms with Gasteiger partial charge in [0.05, 0.1) is 4.92 Å². The van der Waals surface area contributed by atoms with Crippen molar-refractivity contribution in [1.82, 2.24) is 0 Å². The molecule has 3 aromatic rings. The zero-order valence-corrected chi connectivity index (χ0v) is 25.5. The molecule has 5 nitrogen and oxygen atoms in total. The fourth-order valence-electron chi connectivity index (χ4n) is 12.6. The van der Waals surface area contributed by atoms with Gasteiger partial charge in [-0.1, -0.05) is 42.5 Å². The Morgan fingerprint density at radius 3 is 1.91 bits per heavy atom. The molecule has 0 N–H and O–H groups in total. The summed E-state index contributed by atoms with van der Waals surface area (Å²) in [4.78, 5) is 11.3. The van der Waals surface area contributed by atoms with E-state index in [0.29, 0.717) is 22.5 Å². The number of benzene rings is 3. The molecule has 0 spiro atoms. The second-order valence-corrected chi connectivity index (χ2v) is 15.8. The van der Waals surface area contributed by atoms with Crippen LogP contribution in [0.4, 0.5) is 5.69 Å². The Morgan fingerprint density at radius 1 is 0.705 bits per heavy atom. The highest BCUT2D eigenvalue weighted by Gasteiger charge is 2.68. The van der Waals surface area contributed by atoms with Crippen LogP contribution in [-0.2, 0) is 6.61 Å². The molecule has 8 saturated carbocycles. The van der Waals surface area contributed by atoms with Crippen LogP contribution in [0.5, 0.6) is 17.2 Å². The molecule has 8 aliphatic carbocycles. The maximum atomic E-state index is 11.7. The lowest BCUT2D eigenvalue weighted by Gasteiger charge is -2.73. The minimum Gasteiger partial charge on any atom is -0.482 e. The minimum absolute atomic E-state index is 0.0551. The number of hydrogen-bond acceptors (Lipinski definition) is 4. The van der Waals surface area contributed by atoms with Gasteiger partial charge in [0.2, 0.25) is 5.75 Å². The van der Waals surface area contributed by atoms with Crippen LogP contribution in [-0.4, -0.2) is 4.92 Å². The quantitative estimate of drug-likeness (QED) is 0.194. The molecule has 0 radical (unpaired) electrons. The predicted molar refractivity (Wildman–Crippen MR) is 170 cm³/mol. The van der Waals surface area contributed by atoms with Crippen molar-refractivity contribution in [3.63, 3.8) is 0 Å². The molecule has 0 aromatic heterocycles. The van der Waals surface area contributed by atoms with E-state index >= 15 is 0 Å². The zero-order chi connectivity index (χ0) is 29.5. The molecule has 3 atom stereocenters. The average Bonchev–Trinajstić information content (AvgIpc) is 3.00. The largest absolute Gasteiger partial charge is 0.482 e. The van der Waals surface area contributed by atoms with Crippen LogP contribution in [0.2, 0.25) is 0 Å². The predicted octanol–water partition coefficient (Wildman–Crippen LogP) is 10.1. The van der Waals surface area contributed by atoms with E-state index < -0.39 is 4.92 Å². The molecule has 0 amide bonds. The summed E-state index contributed by atoms with van der Waals surface area (Å²) in [6, 6.07) is 23.5. The third kappa shape index (κ3) is 4.32. The summed E-state index contributed by atoms with van der Waals surface area (Å²) < 4.78 is 12.2. The van der Waals surface area contributed by atoms with E-state index in [0.717, 1.165) is 46.8 Å². The van der Waals surface area contributed by atoms with Gasteiger partial charge in [-0.15, -0.1) is 0 Å². The van der Waals surface area contributed by atoms with Gasteiger partial charge < -0.3 is 9.47 Å². The molecule has 8 fully saturated rings. The summed E-state index contributed by atoms with van der Waals surface area (Å²) in [5.74, 6) is 7.95. The Morgan fingerprint density at radius 2 is 1.30 bits per heavy atom. The number of rotatable bonds is 8. The first-order valence-corrected chi connectivity index (χ1v) is 17.2. The Bertz CT molecular complexity index is 1520. The average molecular weight is 590 g/mol. The van der Waals surface area contributed by atoms with Gasteiger partial charge in [0.15, 0.2) is 0 Å². The van der Waals surface area contributed by atoms with Crippen LogP contribution >= 0.6 is 0 Å². The summed E-state index contributed by atoms with van der Waals surface area (Å²) in [5, 5.41) is 11.7. The topological polar surface area (TPSA) is 61.6 Å². The second-order valence-electron chi connectivity index (χ2n) is 15.8. The third-order valence-electron chi connectivity index (χ3n) is 13.2. The van der Waals surface area contributed by atoms with Crippen LogP contribution < -0.4 is 9.47 Å². The van der Waals surface area contributed by atoms with Gasteiger partial charge in [-0.3, -0.25) is 10.1 Å². The maximum absolute atomic E-state index is 11.7. The molecular weight excluding hydrogens is 546 g/mol. The van der Waals surface area contributed by atoms with Crippen LogP contribution in [0.15, 0.2) is 72.8 Å². The van der Waals surface area contributed by atoms with Gasteiger partial charge >= 0.3 is 5.69 Å². The summed E-state index contributed by atoms with van der Waals surface area (Å²) in [6.07, 6.45) is 16.4. The normalized spacial score (nSPS) is 37.7. The van der Waals surface area contributed by atoms with Crippen molar-refractivity contribution in [2.75, 3.05) is 0 Å². The van der Waals surface area contributed by atoms with Gasteiger partial charge in [-0.2, -0.15) is 0 Å². The van der Waals surface area contributed by atoms with E-state index in [1.165, 1.54) is 82.3 Å². The minimum atomic E-state index is -0.399. The molecule has 0 saturated heterocycles. The highest BCUT2D eigenvalue weighted by atomic mass is 16.6. The van der Waals surface area contributed by atoms with E-state index in [9.17, 15) is 10.1 Å². The van der Waals surface area contributed by atoms with Crippen LogP contribution in [0.1, 0.15) is 87.7 Å². The molecule has 44 heavy (non-hydrogen) atoms. The van der Waals surface area contributed by atoms with Crippen LogP contribution in [0, 0.1) is 56.5 Å². The molecule has 8 bridgehead atoms. The van der Waals surface area contributed by atoms with E-state index in [1.807, 2.05) is 30.3 Å². The maximum Gasteiger partial charge on any atom is 0.311 e. The summed E-state index contributed by atoms with van der Waals surface area (Å²) in [7, 11) is 0. The lowest BCUT2D eigenvalue weighted by Crippen LogP contribution is -2.63. The first kappa shape index (κ1) is 27.0. The van der Waals surface area contributed by atoms with Crippen molar-refractivity contribution in [2.24, 2.45) is 46.3 Å². The number of nitro groups is 1. The Balaban J connectivity index is 0.990. The third-order valence-corrected chi connectivity index (χ3v) is 13.2. The monoisotopic (exact) mass is 589 g/mol. The summed E-state index contributed by atoms with van der Waals surface area (Å²) in [6.45, 7) is 0.260. The van der Waals surface area contributed by atoms with E-state index in [4.69, 9.17) is 9.47 Å².